The second-order valence-corrected chi connectivity index (χ2v) is 4.61. The first-order chi connectivity index (χ1) is 10.0. The van der Waals surface area contributed by atoms with E-state index in [0.717, 1.165) is 13.0 Å². The van der Waals surface area contributed by atoms with Gasteiger partial charge in [-0.25, -0.2) is 4.79 Å². The third kappa shape index (κ3) is 6.07. The molecule has 1 aromatic rings. The van der Waals surface area contributed by atoms with Crippen LogP contribution in [0.2, 0.25) is 0 Å². The zero-order valence-corrected chi connectivity index (χ0v) is 12.6. The molecule has 0 fully saturated rings. The summed E-state index contributed by atoms with van der Waals surface area (Å²) in [6.07, 6.45) is 0.989. The number of hydrogen-bond acceptors (Lipinski definition) is 5. The quantitative estimate of drug-likeness (QED) is 0.628. The highest BCUT2D eigenvalue weighted by Crippen LogP contribution is 2.01. The Labute approximate surface area is 124 Å². The molecule has 0 unspecified atom stereocenters. The maximum absolute atomic E-state index is 11.8. The van der Waals surface area contributed by atoms with E-state index in [0.29, 0.717) is 18.9 Å². The Balaban J connectivity index is 2.33. The number of aromatic nitrogens is 2. The first-order valence-corrected chi connectivity index (χ1v) is 6.85. The molecule has 21 heavy (non-hydrogen) atoms. The molecule has 0 atom stereocenters. The summed E-state index contributed by atoms with van der Waals surface area (Å²) in [4.78, 5) is 24.5. The summed E-state index contributed by atoms with van der Waals surface area (Å²) >= 11 is 0. The molecular formula is C13H22N6O2. The van der Waals surface area contributed by atoms with Gasteiger partial charge in [0.1, 0.15) is 5.82 Å². The second-order valence-electron chi connectivity index (χ2n) is 4.61. The number of urea groups is 1. The number of rotatable bonds is 7. The van der Waals surface area contributed by atoms with E-state index in [1.165, 1.54) is 4.90 Å². The summed E-state index contributed by atoms with van der Waals surface area (Å²) in [5.74, 6) is 0.329. The molecule has 8 heteroatoms. The average molecular weight is 294 g/mol. The first-order valence-electron chi connectivity index (χ1n) is 6.85. The molecule has 3 N–H and O–H groups in total. The van der Waals surface area contributed by atoms with Gasteiger partial charge in [-0.1, -0.05) is 6.92 Å². The Bertz CT molecular complexity index is 460. The van der Waals surface area contributed by atoms with Crippen LogP contribution in [0.4, 0.5) is 10.6 Å². The lowest BCUT2D eigenvalue weighted by molar-refractivity contribution is 0.0947. The summed E-state index contributed by atoms with van der Waals surface area (Å²) in [7, 11) is 3.30. The van der Waals surface area contributed by atoms with Crippen molar-refractivity contribution in [3.05, 3.63) is 17.8 Å². The van der Waals surface area contributed by atoms with Gasteiger partial charge in [-0.05, 0) is 18.6 Å². The highest BCUT2D eigenvalue weighted by molar-refractivity contribution is 5.92. The van der Waals surface area contributed by atoms with E-state index in [1.54, 1.807) is 26.2 Å². The van der Waals surface area contributed by atoms with Gasteiger partial charge >= 0.3 is 6.03 Å². The molecule has 0 saturated carbocycles. The lowest BCUT2D eigenvalue weighted by atomic mass is 10.3. The average Bonchev–Trinajstić information content (AvgIpc) is 2.49. The molecule has 0 aliphatic carbocycles. The van der Waals surface area contributed by atoms with E-state index < -0.39 is 0 Å². The molecule has 0 radical (unpaired) electrons. The number of nitrogens with one attached hydrogen (secondary N) is 3. The fraction of sp³-hybridized carbons (Fsp3) is 0.538. The van der Waals surface area contributed by atoms with Crippen molar-refractivity contribution in [2.24, 2.45) is 0 Å². The fourth-order valence-corrected chi connectivity index (χ4v) is 1.39. The third-order valence-corrected chi connectivity index (χ3v) is 2.55. The maximum Gasteiger partial charge on any atom is 0.316 e. The van der Waals surface area contributed by atoms with E-state index in [4.69, 9.17) is 0 Å². The molecule has 0 saturated heterocycles. The van der Waals surface area contributed by atoms with Crippen molar-refractivity contribution in [3.63, 3.8) is 0 Å². The van der Waals surface area contributed by atoms with Gasteiger partial charge in [0.25, 0.3) is 5.91 Å². The van der Waals surface area contributed by atoms with Crippen molar-refractivity contribution < 1.29 is 9.59 Å². The van der Waals surface area contributed by atoms with Crippen molar-refractivity contribution in [1.82, 2.24) is 25.7 Å². The van der Waals surface area contributed by atoms with Gasteiger partial charge in [-0.15, -0.1) is 10.2 Å². The number of nitrogens with zero attached hydrogens (tertiary/aromatic N) is 3. The Morgan fingerprint density at radius 3 is 2.38 bits per heavy atom. The van der Waals surface area contributed by atoms with Crippen LogP contribution in [-0.2, 0) is 0 Å². The predicted molar refractivity (Wildman–Crippen MR) is 80.2 cm³/mol. The van der Waals surface area contributed by atoms with Crippen molar-refractivity contribution in [1.29, 1.82) is 0 Å². The molecule has 1 heterocycles. The van der Waals surface area contributed by atoms with Crippen molar-refractivity contribution >= 4 is 17.8 Å². The molecule has 8 nitrogen and oxygen atoms in total. The van der Waals surface area contributed by atoms with Crippen LogP contribution >= 0.6 is 0 Å². The van der Waals surface area contributed by atoms with E-state index >= 15 is 0 Å². The van der Waals surface area contributed by atoms with Crippen LogP contribution in [0.5, 0.6) is 0 Å². The van der Waals surface area contributed by atoms with Crippen molar-refractivity contribution in [3.8, 4) is 0 Å². The summed E-state index contributed by atoms with van der Waals surface area (Å²) in [6.45, 7) is 3.55. The van der Waals surface area contributed by atoms with Crippen molar-refractivity contribution in [2.75, 3.05) is 39.0 Å². The standard InChI is InChI=1S/C13H22N6O2/c1-4-7-14-11-6-5-10(17-18-11)12(20)15-8-9-16-13(21)19(2)3/h5-6H,4,7-9H2,1-3H3,(H,14,18)(H,15,20)(H,16,21). The Hall–Kier alpha value is -2.38. The molecule has 0 aliphatic rings. The van der Waals surface area contributed by atoms with Crippen LogP contribution in [0.1, 0.15) is 23.8 Å². The van der Waals surface area contributed by atoms with Crippen LogP contribution in [-0.4, -0.2) is 60.8 Å². The SMILES string of the molecule is CCCNc1ccc(C(=O)NCCNC(=O)N(C)C)nn1. The molecule has 0 aliphatic heterocycles. The number of hydrogen-bond donors (Lipinski definition) is 3. The second kappa shape index (κ2) is 8.72. The highest BCUT2D eigenvalue weighted by Gasteiger charge is 2.08. The van der Waals surface area contributed by atoms with Gasteiger partial charge < -0.3 is 20.9 Å². The summed E-state index contributed by atoms with van der Waals surface area (Å²) in [6, 6.07) is 3.12. The van der Waals surface area contributed by atoms with Crippen LogP contribution < -0.4 is 16.0 Å². The monoisotopic (exact) mass is 294 g/mol. The van der Waals surface area contributed by atoms with E-state index in [-0.39, 0.29) is 17.6 Å². The van der Waals surface area contributed by atoms with Crippen LogP contribution in [0.25, 0.3) is 0 Å². The smallest absolute Gasteiger partial charge is 0.316 e. The lowest BCUT2D eigenvalue weighted by Crippen LogP contribution is -2.39. The van der Waals surface area contributed by atoms with Crippen LogP contribution in [0, 0.1) is 0 Å². The zero-order chi connectivity index (χ0) is 15.7. The fourth-order valence-electron chi connectivity index (χ4n) is 1.39. The predicted octanol–water partition coefficient (Wildman–Crippen LogP) is 0.300. The third-order valence-electron chi connectivity index (χ3n) is 2.55. The van der Waals surface area contributed by atoms with Gasteiger partial charge in [0, 0.05) is 33.7 Å². The Morgan fingerprint density at radius 2 is 1.81 bits per heavy atom. The number of anilines is 1. The van der Waals surface area contributed by atoms with Gasteiger partial charge in [0.2, 0.25) is 0 Å². The highest BCUT2D eigenvalue weighted by atomic mass is 16.2. The minimum atomic E-state index is -0.316. The van der Waals surface area contributed by atoms with Gasteiger partial charge in [-0.3, -0.25) is 4.79 Å². The summed E-state index contributed by atoms with van der Waals surface area (Å²) in [5.41, 5.74) is 0.246. The minimum absolute atomic E-state index is 0.199. The molecule has 0 spiro atoms. The Kier molecular flexibility index (Phi) is 6.93. The topological polar surface area (TPSA) is 99.2 Å². The Morgan fingerprint density at radius 1 is 1.10 bits per heavy atom. The maximum atomic E-state index is 11.8. The summed E-state index contributed by atoms with van der Waals surface area (Å²) in [5, 5.41) is 16.2. The van der Waals surface area contributed by atoms with Gasteiger partial charge in [0.05, 0.1) is 0 Å². The zero-order valence-electron chi connectivity index (χ0n) is 12.6. The molecule has 1 aromatic heterocycles. The molecule has 0 bridgehead atoms. The summed E-state index contributed by atoms with van der Waals surface area (Å²) < 4.78 is 0. The largest absolute Gasteiger partial charge is 0.369 e. The van der Waals surface area contributed by atoms with Gasteiger partial charge in [0.15, 0.2) is 5.69 Å². The van der Waals surface area contributed by atoms with Crippen LogP contribution in [0.3, 0.4) is 0 Å². The number of carbonyl (C=O) groups excluding carboxylic acids is 2. The number of carbonyl (C=O) groups is 2. The lowest BCUT2D eigenvalue weighted by Gasteiger charge is -2.12. The minimum Gasteiger partial charge on any atom is -0.369 e. The first kappa shape index (κ1) is 16.7. The van der Waals surface area contributed by atoms with Crippen LogP contribution in [0.15, 0.2) is 12.1 Å². The molecule has 0 aromatic carbocycles. The van der Waals surface area contributed by atoms with Crippen molar-refractivity contribution in [2.45, 2.75) is 13.3 Å². The van der Waals surface area contributed by atoms with E-state index in [9.17, 15) is 9.59 Å². The number of amides is 3. The van der Waals surface area contributed by atoms with Gasteiger partial charge in [-0.2, -0.15) is 0 Å². The molecule has 1 rings (SSSR count). The van der Waals surface area contributed by atoms with E-state index in [2.05, 4.69) is 33.1 Å². The molecular weight excluding hydrogens is 272 g/mol. The van der Waals surface area contributed by atoms with E-state index in [1.807, 2.05) is 0 Å². The molecule has 3 amide bonds. The molecule has 116 valence electrons. The normalized spacial score (nSPS) is 9.86.